The Labute approximate surface area is 155 Å². The van der Waals surface area contributed by atoms with E-state index in [1.54, 1.807) is 12.1 Å². The van der Waals surface area contributed by atoms with Crippen LogP contribution < -0.4 is 10.5 Å². The van der Waals surface area contributed by atoms with Crippen molar-refractivity contribution in [1.82, 2.24) is 0 Å². The van der Waals surface area contributed by atoms with Crippen LogP contribution in [0.2, 0.25) is 0 Å². The lowest BCUT2D eigenvalue weighted by molar-refractivity contribution is -0.274. The summed E-state index contributed by atoms with van der Waals surface area (Å²) >= 11 is 0. The van der Waals surface area contributed by atoms with Gasteiger partial charge >= 0.3 is 6.36 Å². The zero-order valence-corrected chi connectivity index (χ0v) is 14.4. The average Bonchev–Trinajstić information content (AvgIpc) is 2.61. The van der Waals surface area contributed by atoms with Crippen molar-refractivity contribution in [2.45, 2.75) is 12.4 Å². The molecule has 2 N–H and O–H groups in total. The molecule has 6 heteroatoms. The second kappa shape index (κ2) is 8.25. The Balaban J connectivity index is 0.00000243. The van der Waals surface area contributed by atoms with E-state index in [4.69, 9.17) is 5.73 Å². The first-order chi connectivity index (χ1) is 11.9. The molecule has 0 bridgehead atoms. The van der Waals surface area contributed by atoms with E-state index in [0.717, 1.165) is 16.7 Å². The van der Waals surface area contributed by atoms with Crippen molar-refractivity contribution in [3.8, 4) is 16.9 Å². The van der Waals surface area contributed by atoms with E-state index in [2.05, 4.69) is 4.74 Å². The third kappa shape index (κ3) is 5.00. The number of hydrogen-bond acceptors (Lipinski definition) is 2. The molecule has 2 nitrogen and oxygen atoms in total. The fraction of sp³-hybridized carbons (Fsp3) is 0.100. The first kappa shape index (κ1) is 19.8. The zero-order chi connectivity index (χ0) is 17.9. The summed E-state index contributed by atoms with van der Waals surface area (Å²) in [6, 6.07) is 22.9. The molecule has 0 spiro atoms. The lowest BCUT2D eigenvalue weighted by Gasteiger charge is -2.15. The van der Waals surface area contributed by atoms with E-state index < -0.39 is 12.4 Å². The average molecular weight is 380 g/mol. The normalized spacial score (nSPS) is 12.2. The molecule has 0 aromatic heterocycles. The van der Waals surface area contributed by atoms with Gasteiger partial charge in [0.25, 0.3) is 0 Å². The molecule has 3 rings (SSSR count). The molecule has 0 aliphatic carbocycles. The van der Waals surface area contributed by atoms with Gasteiger partial charge in [-0.3, -0.25) is 0 Å². The molecule has 3 aromatic rings. The van der Waals surface area contributed by atoms with Gasteiger partial charge < -0.3 is 10.5 Å². The highest BCUT2D eigenvalue weighted by Gasteiger charge is 2.31. The summed E-state index contributed by atoms with van der Waals surface area (Å²) in [6.45, 7) is 0. The molecule has 0 aliphatic rings. The van der Waals surface area contributed by atoms with Crippen molar-refractivity contribution in [3.05, 3.63) is 90.0 Å². The van der Waals surface area contributed by atoms with Crippen LogP contribution in [0.3, 0.4) is 0 Å². The summed E-state index contributed by atoms with van der Waals surface area (Å²) in [7, 11) is 0. The Kier molecular flexibility index (Phi) is 6.29. The van der Waals surface area contributed by atoms with Crippen molar-refractivity contribution in [2.24, 2.45) is 5.73 Å². The van der Waals surface area contributed by atoms with E-state index in [-0.39, 0.29) is 18.2 Å². The van der Waals surface area contributed by atoms with E-state index in [0.29, 0.717) is 5.56 Å². The monoisotopic (exact) mass is 379 g/mol. The van der Waals surface area contributed by atoms with Crippen molar-refractivity contribution in [1.29, 1.82) is 0 Å². The predicted molar refractivity (Wildman–Crippen MR) is 98.3 cm³/mol. The van der Waals surface area contributed by atoms with Gasteiger partial charge in [0.2, 0.25) is 0 Å². The minimum atomic E-state index is -4.70. The molecule has 26 heavy (non-hydrogen) atoms. The maximum atomic E-state index is 12.2. The zero-order valence-electron chi connectivity index (χ0n) is 13.6. The minimum Gasteiger partial charge on any atom is -0.406 e. The summed E-state index contributed by atoms with van der Waals surface area (Å²) in [5.74, 6) is -0.263. The van der Waals surface area contributed by atoms with Gasteiger partial charge in [-0.05, 0) is 40.5 Å². The van der Waals surface area contributed by atoms with Crippen LogP contribution in [0.5, 0.6) is 5.75 Å². The van der Waals surface area contributed by atoms with E-state index in [1.165, 1.54) is 12.1 Å². The summed E-state index contributed by atoms with van der Waals surface area (Å²) in [5.41, 5.74) is 9.97. The third-order valence-electron chi connectivity index (χ3n) is 3.83. The predicted octanol–water partition coefficient (Wildman–Crippen LogP) is 5.72. The first-order valence-electron chi connectivity index (χ1n) is 7.69. The van der Waals surface area contributed by atoms with Crippen molar-refractivity contribution < 1.29 is 17.9 Å². The molecule has 0 saturated heterocycles. The molecule has 0 fully saturated rings. The van der Waals surface area contributed by atoms with Crippen LogP contribution in [-0.4, -0.2) is 6.36 Å². The van der Waals surface area contributed by atoms with Crippen molar-refractivity contribution >= 4 is 12.4 Å². The third-order valence-corrected chi connectivity index (χ3v) is 3.83. The lowest BCUT2D eigenvalue weighted by atomic mass is 9.96. The first-order valence-corrected chi connectivity index (χ1v) is 7.69. The maximum Gasteiger partial charge on any atom is 0.573 e. The topological polar surface area (TPSA) is 35.2 Å². The van der Waals surface area contributed by atoms with Crippen molar-refractivity contribution in [3.63, 3.8) is 0 Å². The molecule has 136 valence electrons. The van der Waals surface area contributed by atoms with Crippen LogP contribution in [0.15, 0.2) is 78.9 Å². The molecule has 0 unspecified atom stereocenters. The van der Waals surface area contributed by atoms with Crippen LogP contribution >= 0.6 is 12.4 Å². The summed E-state index contributed by atoms with van der Waals surface area (Å²) in [4.78, 5) is 0. The van der Waals surface area contributed by atoms with E-state index in [9.17, 15) is 13.2 Å². The standard InChI is InChI=1S/C20H16F3NO.ClH/c21-20(22,23)25-18-11-9-15(10-12-18)19(24)17-8-4-7-16(13-17)14-5-2-1-3-6-14;/h1-13,19H,24H2;1H/t19-;/m0./s1. The Morgan fingerprint density at radius 3 is 1.96 bits per heavy atom. The van der Waals surface area contributed by atoms with Gasteiger partial charge in [0.05, 0.1) is 6.04 Å². The van der Waals surface area contributed by atoms with Gasteiger partial charge in [0.15, 0.2) is 0 Å². The highest BCUT2D eigenvalue weighted by Crippen LogP contribution is 2.28. The van der Waals surface area contributed by atoms with E-state index >= 15 is 0 Å². The molecule has 1 atom stereocenters. The lowest BCUT2D eigenvalue weighted by Crippen LogP contribution is -2.17. The number of halogens is 4. The molecule has 3 aromatic carbocycles. The second-order valence-corrected chi connectivity index (χ2v) is 5.59. The van der Waals surface area contributed by atoms with Gasteiger partial charge in [0, 0.05) is 0 Å². The molecule has 0 aliphatic heterocycles. The molecule has 0 radical (unpaired) electrons. The van der Waals surface area contributed by atoms with Gasteiger partial charge in [-0.2, -0.15) is 0 Å². The fourth-order valence-electron chi connectivity index (χ4n) is 2.61. The second-order valence-electron chi connectivity index (χ2n) is 5.59. The minimum absolute atomic E-state index is 0. The maximum absolute atomic E-state index is 12.2. The number of rotatable bonds is 4. The van der Waals surface area contributed by atoms with Gasteiger partial charge in [-0.25, -0.2) is 0 Å². The quantitative estimate of drug-likeness (QED) is 0.629. The van der Waals surface area contributed by atoms with Gasteiger partial charge in [-0.15, -0.1) is 25.6 Å². The van der Waals surface area contributed by atoms with Crippen LogP contribution in [0.4, 0.5) is 13.2 Å². The molecular formula is C20H17ClF3NO. The molecule has 0 heterocycles. The summed E-state index contributed by atoms with van der Waals surface area (Å²) < 4.78 is 40.6. The van der Waals surface area contributed by atoms with E-state index in [1.807, 2.05) is 54.6 Å². The smallest absolute Gasteiger partial charge is 0.406 e. The Morgan fingerprint density at radius 2 is 1.35 bits per heavy atom. The van der Waals surface area contributed by atoms with Crippen LogP contribution in [-0.2, 0) is 0 Å². The number of alkyl halides is 3. The SMILES string of the molecule is Cl.N[C@@H](c1ccc(OC(F)(F)F)cc1)c1cccc(-c2ccccc2)c1. The van der Waals surface area contributed by atoms with Crippen LogP contribution in [0, 0.1) is 0 Å². The highest BCUT2D eigenvalue weighted by molar-refractivity contribution is 5.85. The fourth-order valence-corrected chi connectivity index (χ4v) is 2.61. The number of ether oxygens (including phenoxy) is 1. The molecule has 0 saturated carbocycles. The Hall–Kier alpha value is -2.50. The Bertz CT molecular complexity index is 836. The van der Waals surface area contributed by atoms with Crippen LogP contribution in [0.25, 0.3) is 11.1 Å². The highest BCUT2D eigenvalue weighted by atomic mass is 35.5. The molecular weight excluding hydrogens is 363 g/mol. The summed E-state index contributed by atoms with van der Waals surface area (Å²) in [6.07, 6.45) is -4.70. The molecule has 0 amide bonds. The van der Waals surface area contributed by atoms with Crippen molar-refractivity contribution in [2.75, 3.05) is 0 Å². The largest absolute Gasteiger partial charge is 0.573 e. The summed E-state index contributed by atoms with van der Waals surface area (Å²) in [5, 5.41) is 0. The number of nitrogens with two attached hydrogens (primary N) is 1. The van der Waals surface area contributed by atoms with Gasteiger partial charge in [-0.1, -0.05) is 60.7 Å². The van der Waals surface area contributed by atoms with Gasteiger partial charge in [0.1, 0.15) is 5.75 Å². The number of benzene rings is 3. The Morgan fingerprint density at radius 1 is 0.731 bits per heavy atom. The number of hydrogen-bond donors (Lipinski definition) is 1. The van der Waals surface area contributed by atoms with Crippen LogP contribution in [0.1, 0.15) is 17.2 Å².